The number of hydrogen-bond acceptors (Lipinski definition) is 4. The van der Waals surface area contributed by atoms with E-state index >= 15 is 0 Å². The summed E-state index contributed by atoms with van der Waals surface area (Å²) in [5, 5.41) is 0. The van der Waals surface area contributed by atoms with Crippen molar-refractivity contribution in [2.75, 3.05) is 0 Å². The van der Waals surface area contributed by atoms with Gasteiger partial charge in [-0.15, -0.1) is 0 Å². The van der Waals surface area contributed by atoms with Crippen molar-refractivity contribution in [1.82, 2.24) is 14.7 Å². The predicted octanol–water partition coefficient (Wildman–Crippen LogP) is 3.24. The van der Waals surface area contributed by atoms with Crippen molar-refractivity contribution < 1.29 is 8.42 Å². The lowest BCUT2D eigenvalue weighted by Gasteiger charge is -2.11. The predicted molar refractivity (Wildman–Crippen MR) is 97.4 cm³/mol. The van der Waals surface area contributed by atoms with Gasteiger partial charge in [0, 0.05) is 30.7 Å². The maximum Gasteiger partial charge on any atom is 0.240 e. The van der Waals surface area contributed by atoms with Gasteiger partial charge in [-0.2, -0.15) is 0 Å². The van der Waals surface area contributed by atoms with Gasteiger partial charge in [-0.25, -0.2) is 13.1 Å². The van der Waals surface area contributed by atoms with Crippen LogP contribution in [0.4, 0.5) is 0 Å². The van der Waals surface area contributed by atoms with Crippen LogP contribution in [0.5, 0.6) is 0 Å². The molecule has 0 atom stereocenters. The van der Waals surface area contributed by atoms with E-state index in [1.807, 2.05) is 38.1 Å². The quantitative estimate of drug-likeness (QED) is 0.764. The third-order valence-corrected chi connectivity index (χ3v) is 5.47. The Morgan fingerprint density at radius 3 is 2.52 bits per heavy atom. The Morgan fingerprint density at radius 1 is 1.00 bits per heavy atom. The molecule has 6 heteroatoms. The Bertz CT molecular complexity index is 987. The zero-order valence-corrected chi connectivity index (χ0v) is 14.9. The molecule has 0 amide bonds. The molecule has 1 aromatic carbocycles. The molecule has 1 N–H and O–H groups in total. The minimum Gasteiger partial charge on any atom is -0.264 e. The zero-order valence-electron chi connectivity index (χ0n) is 14.1. The first kappa shape index (κ1) is 17.3. The molecule has 0 fully saturated rings. The highest BCUT2D eigenvalue weighted by Crippen LogP contribution is 2.21. The Hall–Kier alpha value is -2.57. The number of sulfonamides is 1. The zero-order chi connectivity index (χ0) is 17.9. The largest absolute Gasteiger partial charge is 0.264 e. The summed E-state index contributed by atoms with van der Waals surface area (Å²) in [5.74, 6) is 0. The van der Waals surface area contributed by atoms with Crippen LogP contribution in [-0.2, 0) is 16.6 Å². The van der Waals surface area contributed by atoms with E-state index in [-0.39, 0.29) is 11.4 Å². The second kappa shape index (κ2) is 7.13. The van der Waals surface area contributed by atoms with Crippen LogP contribution in [0.1, 0.15) is 16.7 Å². The number of benzene rings is 1. The molecule has 2 heterocycles. The fraction of sp³-hybridized carbons (Fsp3) is 0.158. The first-order chi connectivity index (χ1) is 12.0. The van der Waals surface area contributed by atoms with E-state index in [9.17, 15) is 8.42 Å². The van der Waals surface area contributed by atoms with E-state index in [1.165, 1.54) is 0 Å². The summed E-state index contributed by atoms with van der Waals surface area (Å²) < 4.78 is 27.8. The number of aryl methyl sites for hydroxylation is 2. The first-order valence-corrected chi connectivity index (χ1v) is 9.37. The van der Waals surface area contributed by atoms with Gasteiger partial charge in [0.25, 0.3) is 0 Å². The maximum absolute atomic E-state index is 12.6. The highest BCUT2D eigenvalue weighted by molar-refractivity contribution is 7.89. The fourth-order valence-electron chi connectivity index (χ4n) is 2.48. The molecule has 0 aliphatic carbocycles. The van der Waals surface area contributed by atoms with Crippen LogP contribution < -0.4 is 4.72 Å². The Morgan fingerprint density at radius 2 is 1.80 bits per heavy atom. The van der Waals surface area contributed by atoms with Crippen LogP contribution in [-0.4, -0.2) is 18.4 Å². The molecule has 0 saturated heterocycles. The van der Waals surface area contributed by atoms with Crippen molar-refractivity contribution in [2.24, 2.45) is 0 Å². The summed E-state index contributed by atoms with van der Waals surface area (Å²) in [6, 6.07) is 12.5. The monoisotopic (exact) mass is 353 g/mol. The van der Waals surface area contributed by atoms with E-state index in [0.717, 1.165) is 27.9 Å². The van der Waals surface area contributed by atoms with Gasteiger partial charge in [0.1, 0.15) is 0 Å². The van der Waals surface area contributed by atoms with Gasteiger partial charge in [0.15, 0.2) is 0 Å². The number of rotatable bonds is 5. The maximum atomic E-state index is 12.6. The van der Waals surface area contributed by atoms with Crippen LogP contribution in [0, 0.1) is 13.8 Å². The molecule has 0 unspecified atom stereocenters. The Kier molecular flexibility index (Phi) is 4.92. The average Bonchev–Trinajstić information content (AvgIpc) is 2.63. The molecule has 5 nitrogen and oxygen atoms in total. The summed E-state index contributed by atoms with van der Waals surface area (Å²) in [6.45, 7) is 4.01. The second-order valence-corrected chi connectivity index (χ2v) is 7.59. The SMILES string of the molecule is Cc1ccc(S(=O)(=O)NCc2cccnc2-c2cccnc2)cc1C. The average molecular weight is 353 g/mol. The van der Waals surface area contributed by atoms with Gasteiger partial charge in [-0.1, -0.05) is 12.1 Å². The lowest BCUT2D eigenvalue weighted by Crippen LogP contribution is -2.23. The van der Waals surface area contributed by atoms with E-state index in [0.29, 0.717) is 0 Å². The van der Waals surface area contributed by atoms with Crippen molar-refractivity contribution >= 4 is 10.0 Å². The topological polar surface area (TPSA) is 72.0 Å². The van der Waals surface area contributed by atoms with Crippen LogP contribution >= 0.6 is 0 Å². The summed E-state index contributed by atoms with van der Waals surface area (Å²) in [7, 11) is -3.59. The van der Waals surface area contributed by atoms with Gasteiger partial charge in [0.2, 0.25) is 10.0 Å². The van der Waals surface area contributed by atoms with Crippen LogP contribution in [0.25, 0.3) is 11.3 Å². The number of aromatic nitrogens is 2. The molecule has 0 spiro atoms. The summed E-state index contributed by atoms with van der Waals surface area (Å²) in [6.07, 6.45) is 5.09. The lowest BCUT2D eigenvalue weighted by atomic mass is 10.1. The smallest absolute Gasteiger partial charge is 0.240 e. The minimum atomic E-state index is -3.59. The normalized spacial score (nSPS) is 11.4. The first-order valence-electron chi connectivity index (χ1n) is 7.88. The van der Waals surface area contributed by atoms with Gasteiger partial charge < -0.3 is 0 Å². The van der Waals surface area contributed by atoms with Gasteiger partial charge in [0.05, 0.1) is 10.6 Å². The highest BCUT2D eigenvalue weighted by atomic mass is 32.2. The molecular formula is C19H19N3O2S. The molecule has 0 saturated carbocycles. The van der Waals surface area contributed by atoms with Crippen molar-refractivity contribution in [2.45, 2.75) is 25.3 Å². The molecule has 2 aromatic heterocycles. The fourth-order valence-corrected chi connectivity index (χ4v) is 3.57. The Labute approximate surface area is 147 Å². The Balaban J connectivity index is 1.85. The van der Waals surface area contributed by atoms with Crippen LogP contribution in [0.2, 0.25) is 0 Å². The van der Waals surface area contributed by atoms with E-state index in [4.69, 9.17) is 0 Å². The molecule has 0 bridgehead atoms. The van der Waals surface area contributed by atoms with Gasteiger partial charge >= 0.3 is 0 Å². The molecule has 3 rings (SSSR count). The van der Waals surface area contributed by atoms with Crippen molar-refractivity contribution in [3.8, 4) is 11.3 Å². The number of nitrogens with one attached hydrogen (secondary N) is 1. The number of nitrogens with zero attached hydrogens (tertiary/aromatic N) is 2. The summed E-state index contributed by atoms with van der Waals surface area (Å²) in [5.41, 5.74) is 4.37. The molecular weight excluding hydrogens is 334 g/mol. The minimum absolute atomic E-state index is 0.160. The second-order valence-electron chi connectivity index (χ2n) is 5.82. The number of pyridine rings is 2. The standard InChI is InChI=1S/C19H19N3O2S/c1-14-7-8-18(11-15(14)2)25(23,24)22-13-17-6-4-10-21-19(17)16-5-3-9-20-12-16/h3-12,22H,13H2,1-2H3. The van der Waals surface area contributed by atoms with E-state index in [2.05, 4.69) is 14.7 Å². The van der Waals surface area contributed by atoms with E-state index in [1.54, 1.807) is 36.8 Å². The van der Waals surface area contributed by atoms with Gasteiger partial charge in [-0.05, 0) is 60.9 Å². The van der Waals surface area contributed by atoms with Gasteiger partial charge in [-0.3, -0.25) is 9.97 Å². The molecule has 25 heavy (non-hydrogen) atoms. The third-order valence-electron chi connectivity index (χ3n) is 4.07. The molecule has 3 aromatic rings. The molecule has 128 valence electrons. The molecule has 0 aliphatic heterocycles. The van der Waals surface area contributed by atoms with Crippen LogP contribution in [0.3, 0.4) is 0 Å². The van der Waals surface area contributed by atoms with Crippen molar-refractivity contribution in [3.05, 3.63) is 77.7 Å². The number of hydrogen-bond donors (Lipinski definition) is 1. The highest BCUT2D eigenvalue weighted by Gasteiger charge is 2.16. The summed E-state index contributed by atoms with van der Waals surface area (Å²) in [4.78, 5) is 8.74. The lowest BCUT2D eigenvalue weighted by molar-refractivity contribution is 0.581. The molecule has 0 radical (unpaired) electrons. The summed E-state index contributed by atoms with van der Waals surface area (Å²) >= 11 is 0. The van der Waals surface area contributed by atoms with Crippen LogP contribution in [0.15, 0.2) is 66.0 Å². The third kappa shape index (κ3) is 3.92. The van der Waals surface area contributed by atoms with E-state index < -0.39 is 10.0 Å². The van der Waals surface area contributed by atoms with Crippen molar-refractivity contribution in [3.63, 3.8) is 0 Å². The van der Waals surface area contributed by atoms with Crippen molar-refractivity contribution in [1.29, 1.82) is 0 Å². The molecule has 0 aliphatic rings.